The molecule has 0 spiro atoms. The molecule has 1 amide bonds. The maximum atomic E-state index is 12.1. The molecule has 176 valence electrons. The molecule has 4 rings (SSSR count). The molecule has 35 heavy (non-hydrogen) atoms. The van der Waals surface area contributed by atoms with Crippen LogP contribution >= 0.6 is 0 Å². The molecule has 2 aromatic heterocycles. The summed E-state index contributed by atoms with van der Waals surface area (Å²) >= 11 is 0. The van der Waals surface area contributed by atoms with E-state index >= 15 is 0 Å². The third kappa shape index (κ3) is 6.14. The first-order valence-corrected chi connectivity index (χ1v) is 10.7. The third-order valence-electron chi connectivity index (χ3n) is 4.99. The Kier molecular flexibility index (Phi) is 7.22. The van der Waals surface area contributed by atoms with Crippen LogP contribution in [-0.4, -0.2) is 39.4 Å². The summed E-state index contributed by atoms with van der Waals surface area (Å²) in [5, 5.41) is 17.2. The molecule has 3 N–H and O–H groups in total. The van der Waals surface area contributed by atoms with E-state index in [1.807, 2.05) is 44.2 Å². The van der Waals surface area contributed by atoms with Crippen molar-refractivity contribution in [3.05, 3.63) is 78.2 Å². The lowest BCUT2D eigenvalue weighted by Crippen LogP contribution is -2.20. The molecule has 10 heteroatoms. The van der Waals surface area contributed by atoms with Gasteiger partial charge in [0.25, 0.3) is 5.91 Å². The van der Waals surface area contributed by atoms with Gasteiger partial charge in [0.1, 0.15) is 11.6 Å². The molecule has 0 bridgehead atoms. The number of amides is 1. The van der Waals surface area contributed by atoms with Crippen LogP contribution in [0.2, 0.25) is 0 Å². The summed E-state index contributed by atoms with van der Waals surface area (Å²) in [5.41, 5.74) is 7.86. The number of hydrogen-bond donors (Lipinski definition) is 3. The number of carbonyl (C=O) groups is 1. The van der Waals surface area contributed by atoms with E-state index < -0.39 is 0 Å². The van der Waals surface area contributed by atoms with Crippen molar-refractivity contribution in [3.63, 3.8) is 0 Å². The number of nitrogens with one attached hydrogen (secondary N) is 3. The monoisotopic (exact) mass is 468 g/mol. The van der Waals surface area contributed by atoms with Crippen molar-refractivity contribution in [3.8, 4) is 17.1 Å². The fourth-order valence-electron chi connectivity index (χ4n) is 3.23. The smallest absolute Gasteiger partial charge is 0.262 e. The zero-order valence-corrected chi connectivity index (χ0v) is 19.3. The van der Waals surface area contributed by atoms with Crippen LogP contribution in [-0.2, 0) is 4.79 Å². The molecule has 2 aromatic carbocycles. The Labute approximate surface area is 202 Å². The largest absolute Gasteiger partial charge is 0.484 e. The Morgan fingerprint density at radius 1 is 1.03 bits per heavy atom. The number of hydrogen-bond acceptors (Lipinski definition) is 9. The lowest BCUT2D eigenvalue weighted by atomic mass is 10.1. The van der Waals surface area contributed by atoms with Crippen LogP contribution in [0.15, 0.2) is 72.2 Å². The van der Waals surface area contributed by atoms with Gasteiger partial charge < -0.3 is 15.4 Å². The Hall–Kier alpha value is -4.86. The van der Waals surface area contributed by atoms with Crippen LogP contribution in [0.3, 0.4) is 0 Å². The second-order valence-corrected chi connectivity index (χ2v) is 7.65. The standard InChI is InChI=1S/C25H24N8O2/c1-16-11-19(7-8-22(16)33-26-3)31-24-17(2)13-27-25(32-24)18-5-4-6-21(12-18)35-15-23(34)30-20-9-10-28-29-14-20/h4-14,33H,3,15H2,1-2H3,(H,27,31,32)(H,28,30,34). The van der Waals surface area contributed by atoms with Crippen molar-refractivity contribution in [1.82, 2.24) is 20.2 Å². The van der Waals surface area contributed by atoms with Crippen molar-refractivity contribution < 1.29 is 9.53 Å². The van der Waals surface area contributed by atoms with Crippen molar-refractivity contribution >= 4 is 35.5 Å². The molecule has 0 atom stereocenters. The van der Waals surface area contributed by atoms with Crippen LogP contribution in [0.25, 0.3) is 11.4 Å². The maximum absolute atomic E-state index is 12.1. The van der Waals surface area contributed by atoms with E-state index in [4.69, 9.17) is 9.72 Å². The van der Waals surface area contributed by atoms with Gasteiger partial charge in [-0.15, -0.1) is 0 Å². The highest BCUT2D eigenvalue weighted by Crippen LogP contribution is 2.26. The van der Waals surface area contributed by atoms with Crippen LogP contribution in [0.5, 0.6) is 5.75 Å². The van der Waals surface area contributed by atoms with Crippen molar-refractivity contribution in [2.45, 2.75) is 13.8 Å². The average molecular weight is 469 g/mol. The van der Waals surface area contributed by atoms with E-state index in [-0.39, 0.29) is 12.5 Å². The summed E-state index contributed by atoms with van der Waals surface area (Å²) in [6.07, 6.45) is 4.72. The number of anilines is 4. The molecule has 10 nitrogen and oxygen atoms in total. The van der Waals surface area contributed by atoms with Crippen LogP contribution < -0.4 is 20.8 Å². The predicted octanol–water partition coefficient (Wildman–Crippen LogP) is 4.34. The van der Waals surface area contributed by atoms with Crippen LogP contribution in [0.4, 0.5) is 22.9 Å². The van der Waals surface area contributed by atoms with Gasteiger partial charge in [-0.2, -0.15) is 15.3 Å². The molecule has 0 radical (unpaired) electrons. The van der Waals surface area contributed by atoms with Gasteiger partial charge in [-0.3, -0.25) is 10.2 Å². The zero-order valence-electron chi connectivity index (χ0n) is 19.3. The predicted molar refractivity (Wildman–Crippen MR) is 136 cm³/mol. The van der Waals surface area contributed by atoms with Crippen molar-refractivity contribution in [1.29, 1.82) is 0 Å². The van der Waals surface area contributed by atoms with Gasteiger partial charge in [0.15, 0.2) is 12.4 Å². The van der Waals surface area contributed by atoms with Crippen molar-refractivity contribution in [2.75, 3.05) is 22.7 Å². The number of aromatic nitrogens is 4. The first-order valence-electron chi connectivity index (χ1n) is 10.7. The first kappa shape index (κ1) is 23.3. The minimum Gasteiger partial charge on any atom is -0.484 e. The van der Waals surface area contributed by atoms with E-state index in [0.717, 1.165) is 28.1 Å². The van der Waals surface area contributed by atoms with Crippen LogP contribution in [0, 0.1) is 13.8 Å². The summed E-state index contributed by atoms with van der Waals surface area (Å²) in [5.74, 6) is 1.44. The molecule has 0 unspecified atom stereocenters. The zero-order chi connectivity index (χ0) is 24.6. The molecule has 0 fully saturated rings. The second-order valence-electron chi connectivity index (χ2n) is 7.65. The number of rotatable bonds is 9. The Balaban J connectivity index is 1.46. The van der Waals surface area contributed by atoms with E-state index in [2.05, 4.69) is 43.1 Å². The second kappa shape index (κ2) is 10.8. The SMILES string of the molecule is C=NNc1ccc(Nc2nc(-c3cccc(OCC(=O)Nc4ccnnc4)c3)ncc2C)cc1C. The van der Waals surface area contributed by atoms with E-state index in [9.17, 15) is 4.79 Å². The quantitative estimate of drug-likeness (QED) is 0.245. The molecule has 0 aliphatic heterocycles. The van der Waals surface area contributed by atoms with Gasteiger partial charge in [0.2, 0.25) is 0 Å². The molecule has 0 saturated carbocycles. The van der Waals surface area contributed by atoms with Gasteiger partial charge >= 0.3 is 0 Å². The molecular formula is C25H24N8O2. The molecule has 2 heterocycles. The molecule has 4 aromatic rings. The van der Waals surface area contributed by atoms with Crippen LogP contribution in [0.1, 0.15) is 11.1 Å². The normalized spacial score (nSPS) is 10.3. The number of hydrazone groups is 1. The Bertz CT molecular complexity index is 1340. The number of aryl methyl sites for hydroxylation is 2. The maximum Gasteiger partial charge on any atom is 0.262 e. The fraction of sp³-hybridized carbons (Fsp3) is 0.120. The topological polar surface area (TPSA) is 126 Å². The lowest BCUT2D eigenvalue weighted by Gasteiger charge is -2.13. The molecular weight excluding hydrogens is 444 g/mol. The summed E-state index contributed by atoms with van der Waals surface area (Å²) in [6.45, 7) is 7.22. The van der Waals surface area contributed by atoms with Gasteiger partial charge in [-0.1, -0.05) is 12.1 Å². The first-order chi connectivity index (χ1) is 17.0. The van der Waals surface area contributed by atoms with Gasteiger partial charge in [0.05, 0.1) is 23.8 Å². The average Bonchev–Trinajstić information content (AvgIpc) is 2.87. The number of ether oxygens (including phenoxy) is 1. The van der Waals surface area contributed by atoms with E-state index in [0.29, 0.717) is 23.1 Å². The summed E-state index contributed by atoms with van der Waals surface area (Å²) in [4.78, 5) is 21.3. The number of nitrogens with zero attached hydrogens (tertiary/aromatic N) is 5. The summed E-state index contributed by atoms with van der Waals surface area (Å²) in [7, 11) is 0. The number of carbonyl (C=O) groups excluding carboxylic acids is 1. The minimum atomic E-state index is -0.304. The summed E-state index contributed by atoms with van der Waals surface area (Å²) in [6, 6.07) is 14.8. The van der Waals surface area contributed by atoms with Gasteiger partial charge in [-0.05, 0) is 55.8 Å². The Morgan fingerprint density at radius 2 is 1.91 bits per heavy atom. The fourth-order valence-corrected chi connectivity index (χ4v) is 3.23. The van der Waals surface area contributed by atoms with Gasteiger partial charge in [0, 0.05) is 29.7 Å². The van der Waals surface area contributed by atoms with E-state index in [1.165, 1.54) is 12.4 Å². The Morgan fingerprint density at radius 3 is 2.69 bits per heavy atom. The summed E-state index contributed by atoms with van der Waals surface area (Å²) < 4.78 is 5.66. The highest BCUT2D eigenvalue weighted by Gasteiger charge is 2.10. The highest BCUT2D eigenvalue weighted by molar-refractivity contribution is 5.91. The molecule has 0 saturated heterocycles. The van der Waals surface area contributed by atoms with E-state index in [1.54, 1.807) is 24.4 Å². The lowest BCUT2D eigenvalue weighted by molar-refractivity contribution is -0.118. The van der Waals surface area contributed by atoms with Crippen molar-refractivity contribution in [2.24, 2.45) is 5.10 Å². The van der Waals surface area contributed by atoms with Gasteiger partial charge in [-0.25, -0.2) is 9.97 Å². The third-order valence-corrected chi connectivity index (χ3v) is 4.99. The molecule has 0 aliphatic rings. The minimum absolute atomic E-state index is 0.154. The number of benzene rings is 2. The highest BCUT2D eigenvalue weighted by atomic mass is 16.5. The molecule has 0 aliphatic carbocycles.